The maximum Gasteiger partial charge on any atom is 0.416 e. The Bertz CT molecular complexity index is 455. The molecule has 1 aromatic rings. The van der Waals surface area contributed by atoms with Crippen LogP contribution in [0.15, 0.2) is 24.3 Å². The summed E-state index contributed by atoms with van der Waals surface area (Å²) in [4.78, 5) is 11.3. The van der Waals surface area contributed by atoms with Crippen LogP contribution in [0.1, 0.15) is 22.8 Å². The number of halogens is 3. The molecule has 18 heavy (non-hydrogen) atoms. The van der Waals surface area contributed by atoms with Crippen molar-refractivity contribution in [3.63, 3.8) is 0 Å². The lowest BCUT2D eigenvalue weighted by atomic mass is 10.1. The van der Waals surface area contributed by atoms with Gasteiger partial charge in [0.15, 0.2) is 5.44 Å². The molecule has 0 radical (unpaired) electrons. The van der Waals surface area contributed by atoms with Gasteiger partial charge >= 0.3 is 12.1 Å². The first kappa shape index (κ1) is 14.7. The highest BCUT2D eigenvalue weighted by molar-refractivity contribution is 7.79. The minimum Gasteiger partial charge on any atom is -0.770 e. The molecule has 2 unspecified atom stereocenters. The first-order chi connectivity index (χ1) is 8.21. The predicted octanol–water partition coefficient (Wildman–Crippen LogP) is 2.09. The Morgan fingerprint density at radius 2 is 1.83 bits per heavy atom. The van der Waals surface area contributed by atoms with Crippen LogP contribution in [-0.2, 0) is 22.0 Å². The number of rotatable bonds is 3. The zero-order chi connectivity index (χ0) is 13.9. The molecule has 4 nitrogen and oxygen atoms in total. The fourth-order valence-corrected chi connectivity index (χ4v) is 1.22. The van der Waals surface area contributed by atoms with E-state index in [0.717, 1.165) is 31.2 Å². The second-order valence-corrected chi connectivity index (χ2v) is 4.49. The largest absolute Gasteiger partial charge is 0.770 e. The summed E-state index contributed by atoms with van der Waals surface area (Å²) >= 11 is -2.60. The zero-order valence-corrected chi connectivity index (χ0v) is 9.88. The smallest absolute Gasteiger partial charge is 0.416 e. The van der Waals surface area contributed by atoms with Crippen LogP contribution in [0.4, 0.5) is 13.2 Å². The highest BCUT2D eigenvalue weighted by Crippen LogP contribution is 2.29. The van der Waals surface area contributed by atoms with Crippen molar-refractivity contribution < 1.29 is 31.5 Å². The molecular formula is C10H8F3O4S-. The number of esters is 1. The monoisotopic (exact) mass is 281 g/mol. The summed E-state index contributed by atoms with van der Waals surface area (Å²) < 4.78 is 62.1. The molecule has 0 saturated carbocycles. The molecule has 0 aromatic heterocycles. The quantitative estimate of drug-likeness (QED) is 0.628. The molecule has 2 atom stereocenters. The van der Waals surface area contributed by atoms with Crippen molar-refractivity contribution in [3.8, 4) is 0 Å². The Morgan fingerprint density at radius 3 is 2.22 bits per heavy atom. The van der Waals surface area contributed by atoms with E-state index in [1.807, 2.05) is 0 Å². The Labute approximate surface area is 103 Å². The standard InChI is InChI=1S/C10H9F3O4S/c1-6(18(15)16)17-9(14)7-2-4-8(5-3-7)10(11,12)13/h2-6H,1H3,(H,15,16)/p-1. The maximum atomic E-state index is 12.2. The molecule has 8 heteroatoms. The summed E-state index contributed by atoms with van der Waals surface area (Å²) in [5.74, 6) is -1.000. The molecule has 100 valence electrons. The molecule has 0 heterocycles. The van der Waals surface area contributed by atoms with Crippen molar-refractivity contribution in [1.29, 1.82) is 0 Å². The summed E-state index contributed by atoms with van der Waals surface area (Å²) in [5.41, 5.74) is -2.42. The molecule has 1 aromatic carbocycles. The molecule has 0 N–H and O–H groups in total. The van der Waals surface area contributed by atoms with Gasteiger partial charge in [-0.2, -0.15) is 13.2 Å². The number of hydrogen-bond acceptors (Lipinski definition) is 4. The summed E-state index contributed by atoms with van der Waals surface area (Å²) in [5, 5.41) is 0. The van der Waals surface area contributed by atoms with Crippen LogP contribution in [0.2, 0.25) is 0 Å². The Hall–Kier alpha value is -1.41. The van der Waals surface area contributed by atoms with Gasteiger partial charge in [0.25, 0.3) is 0 Å². The van der Waals surface area contributed by atoms with Gasteiger partial charge < -0.3 is 9.29 Å². The molecule has 0 aliphatic rings. The van der Waals surface area contributed by atoms with E-state index < -0.39 is 34.2 Å². The van der Waals surface area contributed by atoms with Crippen LogP contribution in [0.25, 0.3) is 0 Å². The maximum absolute atomic E-state index is 12.2. The van der Waals surface area contributed by atoms with Crippen LogP contribution in [-0.4, -0.2) is 20.2 Å². The van der Waals surface area contributed by atoms with Crippen molar-refractivity contribution in [2.45, 2.75) is 18.5 Å². The van der Waals surface area contributed by atoms with Gasteiger partial charge in [0.1, 0.15) is 0 Å². The normalized spacial score (nSPS) is 14.9. The van der Waals surface area contributed by atoms with Crippen LogP contribution in [0, 0.1) is 0 Å². The summed E-state index contributed by atoms with van der Waals surface area (Å²) in [6.07, 6.45) is -4.49. The molecule has 0 amide bonds. The Kier molecular flexibility index (Phi) is 4.47. The van der Waals surface area contributed by atoms with E-state index in [-0.39, 0.29) is 5.56 Å². The van der Waals surface area contributed by atoms with Crippen molar-refractivity contribution >= 4 is 17.0 Å². The van der Waals surface area contributed by atoms with Gasteiger partial charge in [0, 0.05) is 0 Å². The molecule has 1 rings (SSSR count). The minimum atomic E-state index is -4.49. The molecule has 0 bridgehead atoms. The predicted molar refractivity (Wildman–Crippen MR) is 55.2 cm³/mol. The second kappa shape index (κ2) is 5.49. The van der Waals surface area contributed by atoms with Gasteiger partial charge in [0.05, 0.1) is 11.1 Å². The van der Waals surface area contributed by atoms with Crippen molar-refractivity contribution in [2.24, 2.45) is 0 Å². The number of benzene rings is 1. The third-order valence-corrected chi connectivity index (χ3v) is 2.63. The highest BCUT2D eigenvalue weighted by Gasteiger charge is 2.30. The number of ether oxygens (including phenoxy) is 1. The van der Waals surface area contributed by atoms with Gasteiger partial charge in [-0.1, -0.05) is 0 Å². The van der Waals surface area contributed by atoms with Crippen molar-refractivity contribution in [3.05, 3.63) is 35.4 Å². The Morgan fingerprint density at radius 1 is 1.33 bits per heavy atom. The molecule has 0 spiro atoms. The lowest BCUT2D eigenvalue weighted by molar-refractivity contribution is -0.137. The van der Waals surface area contributed by atoms with Gasteiger partial charge in [-0.25, -0.2) is 4.79 Å². The van der Waals surface area contributed by atoms with E-state index in [1.165, 1.54) is 0 Å². The average molecular weight is 281 g/mol. The number of carbonyl (C=O) groups excluding carboxylic acids is 1. The summed E-state index contributed by atoms with van der Waals surface area (Å²) in [6.45, 7) is 1.13. The highest BCUT2D eigenvalue weighted by atomic mass is 32.2. The van der Waals surface area contributed by atoms with E-state index in [4.69, 9.17) is 0 Å². The topological polar surface area (TPSA) is 66.4 Å². The molecule has 0 aliphatic carbocycles. The van der Waals surface area contributed by atoms with Crippen LogP contribution in [0.3, 0.4) is 0 Å². The average Bonchev–Trinajstić information content (AvgIpc) is 2.27. The minimum absolute atomic E-state index is 0.152. The Balaban J connectivity index is 2.80. The molecule has 0 aliphatic heterocycles. The van der Waals surface area contributed by atoms with Crippen LogP contribution in [0.5, 0.6) is 0 Å². The number of carbonyl (C=O) groups is 1. The zero-order valence-electron chi connectivity index (χ0n) is 9.06. The fraction of sp³-hybridized carbons (Fsp3) is 0.300. The van der Waals surface area contributed by atoms with E-state index in [9.17, 15) is 26.7 Å². The lowest BCUT2D eigenvalue weighted by Crippen LogP contribution is -2.19. The first-order valence-electron chi connectivity index (χ1n) is 4.68. The third kappa shape index (κ3) is 3.81. The van der Waals surface area contributed by atoms with E-state index in [2.05, 4.69) is 4.74 Å². The fourth-order valence-electron chi connectivity index (χ4n) is 1.05. The van der Waals surface area contributed by atoms with E-state index >= 15 is 0 Å². The summed E-state index contributed by atoms with van der Waals surface area (Å²) in [6, 6.07) is 3.28. The van der Waals surface area contributed by atoms with Crippen molar-refractivity contribution in [2.75, 3.05) is 0 Å². The van der Waals surface area contributed by atoms with Gasteiger partial charge in [0.2, 0.25) is 0 Å². The van der Waals surface area contributed by atoms with Gasteiger partial charge in [-0.3, -0.25) is 4.21 Å². The van der Waals surface area contributed by atoms with Gasteiger partial charge in [-0.05, 0) is 42.3 Å². The summed E-state index contributed by atoms with van der Waals surface area (Å²) in [7, 11) is 0. The molecule has 0 fully saturated rings. The third-order valence-electron chi connectivity index (χ3n) is 1.99. The number of hydrogen-bond donors (Lipinski definition) is 0. The van der Waals surface area contributed by atoms with E-state index in [0.29, 0.717) is 0 Å². The van der Waals surface area contributed by atoms with Crippen LogP contribution >= 0.6 is 0 Å². The van der Waals surface area contributed by atoms with E-state index in [1.54, 1.807) is 0 Å². The van der Waals surface area contributed by atoms with Crippen molar-refractivity contribution in [1.82, 2.24) is 0 Å². The SMILES string of the molecule is CC(OC(=O)c1ccc(C(F)(F)F)cc1)S(=O)[O-]. The molecule has 0 saturated heterocycles. The molecular weight excluding hydrogens is 273 g/mol. The van der Waals surface area contributed by atoms with Crippen LogP contribution < -0.4 is 0 Å². The lowest BCUT2D eigenvalue weighted by Gasteiger charge is -2.15. The number of alkyl halides is 3. The second-order valence-electron chi connectivity index (χ2n) is 3.31. The van der Waals surface area contributed by atoms with Gasteiger partial charge in [-0.15, -0.1) is 0 Å². The first-order valence-corrected chi connectivity index (χ1v) is 5.82.